The van der Waals surface area contributed by atoms with Gasteiger partial charge < -0.3 is 10.8 Å². The van der Waals surface area contributed by atoms with Crippen LogP contribution in [-0.2, 0) is 0 Å². The van der Waals surface area contributed by atoms with Gasteiger partial charge >= 0.3 is 0 Å². The van der Waals surface area contributed by atoms with Crippen molar-refractivity contribution in [2.75, 3.05) is 6.54 Å². The van der Waals surface area contributed by atoms with Crippen molar-refractivity contribution in [3.63, 3.8) is 0 Å². The molecule has 1 unspecified atom stereocenters. The molecule has 1 saturated carbocycles. The van der Waals surface area contributed by atoms with Gasteiger partial charge in [-0.05, 0) is 29.9 Å². The number of rotatable bonds is 3. The third-order valence-corrected chi connectivity index (χ3v) is 3.60. The van der Waals surface area contributed by atoms with Crippen LogP contribution in [0.3, 0.4) is 0 Å². The van der Waals surface area contributed by atoms with Crippen molar-refractivity contribution in [2.45, 2.75) is 44.1 Å². The monoisotopic (exact) mass is 219 g/mol. The summed E-state index contributed by atoms with van der Waals surface area (Å²) in [7, 11) is 0. The summed E-state index contributed by atoms with van der Waals surface area (Å²) >= 11 is 0. The molecular formula is C14H21NO. The average molecular weight is 219 g/mol. The van der Waals surface area contributed by atoms with E-state index in [0.29, 0.717) is 12.5 Å². The molecule has 1 aliphatic rings. The Balaban J connectivity index is 2.14. The number of benzene rings is 1. The van der Waals surface area contributed by atoms with Crippen molar-refractivity contribution >= 4 is 0 Å². The van der Waals surface area contributed by atoms with Crippen LogP contribution in [-0.4, -0.2) is 11.7 Å². The van der Waals surface area contributed by atoms with Crippen molar-refractivity contribution in [1.29, 1.82) is 0 Å². The standard InChI is InChI=1S/C14H21NO/c15-10-14(16)13-8-4-7-12(9-13)11-5-2-1-3-6-11/h4,7-9,11,14,16H,1-3,5-6,10,15H2. The maximum absolute atomic E-state index is 9.73. The lowest BCUT2D eigenvalue weighted by Gasteiger charge is -2.22. The molecule has 0 heterocycles. The fourth-order valence-electron chi connectivity index (χ4n) is 2.59. The Morgan fingerprint density at radius 2 is 2.00 bits per heavy atom. The molecule has 88 valence electrons. The first-order valence-corrected chi connectivity index (χ1v) is 6.29. The lowest BCUT2D eigenvalue weighted by molar-refractivity contribution is 0.186. The SMILES string of the molecule is NCC(O)c1cccc(C2CCCCC2)c1. The fourth-order valence-corrected chi connectivity index (χ4v) is 2.59. The molecule has 1 aromatic rings. The van der Waals surface area contributed by atoms with Gasteiger partial charge in [0.15, 0.2) is 0 Å². The van der Waals surface area contributed by atoms with Crippen LogP contribution in [0, 0.1) is 0 Å². The van der Waals surface area contributed by atoms with Gasteiger partial charge in [-0.1, -0.05) is 43.5 Å². The first-order chi connectivity index (χ1) is 7.81. The summed E-state index contributed by atoms with van der Waals surface area (Å²) in [6.45, 7) is 0.300. The number of hydrogen-bond donors (Lipinski definition) is 2. The maximum atomic E-state index is 9.73. The minimum atomic E-state index is -0.511. The molecule has 3 N–H and O–H groups in total. The van der Waals surface area contributed by atoms with E-state index in [0.717, 1.165) is 5.56 Å². The van der Waals surface area contributed by atoms with Crippen LogP contribution in [0.5, 0.6) is 0 Å². The van der Waals surface area contributed by atoms with Crippen molar-refractivity contribution < 1.29 is 5.11 Å². The molecule has 0 radical (unpaired) electrons. The summed E-state index contributed by atoms with van der Waals surface area (Å²) in [5.41, 5.74) is 7.83. The highest BCUT2D eigenvalue weighted by Gasteiger charge is 2.16. The van der Waals surface area contributed by atoms with Gasteiger partial charge in [-0.15, -0.1) is 0 Å². The van der Waals surface area contributed by atoms with Gasteiger partial charge in [-0.25, -0.2) is 0 Å². The number of aliphatic hydroxyl groups excluding tert-OH is 1. The normalized spacial score (nSPS) is 19.6. The van der Waals surface area contributed by atoms with Gasteiger partial charge in [0.1, 0.15) is 0 Å². The van der Waals surface area contributed by atoms with E-state index in [9.17, 15) is 5.11 Å². The van der Waals surface area contributed by atoms with Gasteiger partial charge in [0.25, 0.3) is 0 Å². The molecule has 0 amide bonds. The first kappa shape index (κ1) is 11.6. The Morgan fingerprint density at radius 1 is 1.25 bits per heavy atom. The van der Waals surface area contributed by atoms with Crippen LogP contribution in [0.1, 0.15) is 55.3 Å². The van der Waals surface area contributed by atoms with E-state index in [2.05, 4.69) is 12.1 Å². The Hall–Kier alpha value is -0.860. The average Bonchev–Trinajstić information content (AvgIpc) is 2.39. The Labute approximate surface area is 97.5 Å². The van der Waals surface area contributed by atoms with E-state index in [-0.39, 0.29) is 0 Å². The summed E-state index contributed by atoms with van der Waals surface area (Å²) < 4.78 is 0. The molecule has 2 nitrogen and oxygen atoms in total. The van der Waals surface area contributed by atoms with Crippen molar-refractivity contribution in [1.82, 2.24) is 0 Å². The smallest absolute Gasteiger partial charge is 0.0912 e. The second-order valence-electron chi connectivity index (χ2n) is 4.76. The highest BCUT2D eigenvalue weighted by Crippen LogP contribution is 2.33. The van der Waals surface area contributed by atoms with Gasteiger partial charge in [0.2, 0.25) is 0 Å². The second-order valence-corrected chi connectivity index (χ2v) is 4.76. The minimum absolute atomic E-state index is 0.300. The molecule has 0 aromatic heterocycles. The molecule has 1 fully saturated rings. The highest BCUT2D eigenvalue weighted by atomic mass is 16.3. The zero-order valence-electron chi connectivity index (χ0n) is 9.73. The summed E-state index contributed by atoms with van der Waals surface area (Å²) in [4.78, 5) is 0. The van der Waals surface area contributed by atoms with Gasteiger partial charge in [0, 0.05) is 6.54 Å². The lowest BCUT2D eigenvalue weighted by Crippen LogP contribution is -2.12. The first-order valence-electron chi connectivity index (χ1n) is 6.29. The molecule has 1 aromatic carbocycles. The van der Waals surface area contributed by atoms with E-state index >= 15 is 0 Å². The summed E-state index contributed by atoms with van der Waals surface area (Å²) in [5.74, 6) is 0.693. The molecule has 0 saturated heterocycles. The largest absolute Gasteiger partial charge is 0.387 e. The van der Waals surface area contributed by atoms with Crippen LogP contribution < -0.4 is 5.73 Å². The maximum Gasteiger partial charge on any atom is 0.0912 e. The molecule has 0 bridgehead atoms. The molecule has 2 heteroatoms. The highest BCUT2D eigenvalue weighted by molar-refractivity contribution is 5.28. The minimum Gasteiger partial charge on any atom is -0.387 e. The Morgan fingerprint density at radius 3 is 2.69 bits per heavy atom. The molecule has 0 spiro atoms. The zero-order valence-corrected chi connectivity index (χ0v) is 9.73. The number of hydrogen-bond acceptors (Lipinski definition) is 2. The molecule has 2 rings (SSSR count). The number of nitrogens with two attached hydrogens (primary N) is 1. The van der Waals surface area contributed by atoms with Gasteiger partial charge in [0.05, 0.1) is 6.10 Å². The van der Waals surface area contributed by atoms with E-state index in [1.165, 1.54) is 37.7 Å². The third kappa shape index (κ3) is 2.63. The topological polar surface area (TPSA) is 46.2 Å². The number of aliphatic hydroxyl groups is 1. The van der Waals surface area contributed by atoms with Crippen molar-refractivity contribution in [3.8, 4) is 0 Å². The predicted molar refractivity (Wildman–Crippen MR) is 66.3 cm³/mol. The predicted octanol–water partition coefficient (Wildman–Crippen LogP) is 2.73. The van der Waals surface area contributed by atoms with E-state index < -0.39 is 6.10 Å². The van der Waals surface area contributed by atoms with E-state index in [1.807, 2.05) is 12.1 Å². The molecule has 1 atom stereocenters. The van der Waals surface area contributed by atoms with E-state index in [1.54, 1.807) is 0 Å². The van der Waals surface area contributed by atoms with Crippen molar-refractivity contribution in [2.24, 2.45) is 5.73 Å². The van der Waals surface area contributed by atoms with Gasteiger partial charge in [-0.3, -0.25) is 0 Å². The fraction of sp³-hybridized carbons (Fsp3) is 0.571. The van der Waals surface area contributed by atoms with Gasteiger partial charge in [-0.2, -0.15) is 0 Å². The molecule has 0 aliphatic heterocycles. The van der Waals surface area contributed by atoms with E-state index in [4.69, 9.17) is 5.73 Å². The second kappa shape index (κ2) is 5.46. The molecule has 16 heavy (non-hydrogen) atoms. The van der Waals surface area contributed by atoms with Crippen LogP contribution in [0.4, 0.5) is 0 Å². The third-order valence-electron chi connectivity index (χ3n) is 3.60. The molecular weight excluding hydrogens is 198 g/mol. The Kier molecular flexibility index (Phi) is 3.97. The van der Waals surface area contributed by atoms with Crippen LogP contribution >= 0.6 is 0 Å². The Bertz CT molecular complexity index is 331. The van der Waals surface area contributed by atoms with Crippen LogP contribution in [0.25, 0.3) is 0 Å². The quantitative estimate of drug-likeness (QED) is 0.821. The lowest BCUT2D eigenvalue weighted by atomic mass is 9.83. The zero-order chi connectivity index (χ0) is 11.4. The van der Waals surface area contributed by atoms with Crippen LogP contribution in [0.2, 0.25) is 0 Å². The van der Waals surface area contributed by atoms with Crippen molar-refractivity contribution in [3.05, 3.63) is 35.4 Å². The van der Waals surface area contributed by atoms with Crippen LogP contribution in [0.15, 0.2) is 24.3 Å². The summed E-state index contributed by atoms with van der Waals surface area (Å²) in [6, 6.07) is 8.32. The summed E-state index contributed by atoms with van der Waals surface area (Å²) in [6.07, 6.45) is 6.14. The summed E-state index contributed by atoms with van der Waals surface area (Å²) in [5, 5.41) is 9.73. The molecule has 1 aliphatic carbocycles.